The number of ether oxygens (including phenoxy) is 3. The van der Waals surface area contributed by atoms with Gasteiger partial charge in [0.2, 0.25) is 35.0 Å². The summed E-state index contributed by atoms with van der Waals surface area (Å²) in [6.45, 7) is 5.59. The third-order valence-corrected chi connectivity index (χ3v) is 7.74. The number of hydrogen-bond acceptors (Lipinski definition) is 14. The summed E-state index contributed by atoms with van der Waals surface area (Å²) in [4.78, 5) is 30.5. The van der Waals surface area contributed by atoms with Crippen LogP contribution < -0.4 is 30.5 Å². The quantitative estimate of drug-likeness (QED) is 0.166. The van der Waals surface area contributed by atoms with Crippen molar-refractivity contribution < 1.29 is 14.2 Å². The Labute approximate surface area is 293 Å². The van der Waals surface area contributed by atoms with E-state index in [0.717, 1.165) is 43.2 Å². The van der Waals surface area contributed by atoms with Crippen LogP contribution in [-0.4, -0.2) is 89.6 Å². The lowest BCUT2D eigenvalue weighted by atomic mass is 10.3. The average Bonchev–Trinajstić information content (AvgIpc) is 3.13. The van der Waals surface area contributed by atoms with Crippen molar-refractivity contribution >= 4 is 70.0 Å². The van der Waals surface area contributed by atoms with E-state index in [2.05, 4.69) is 50.8 Å². The summed E-state index contributed by atoms with van der Waals surface area (Å²) in [7, 11) is 1.58. The molecular formula is C33H35Cl2N11O3. The molecule has 2 aromatic heterocycles. The Morgan fingerprint density at radius 1 is 0.571 bits per heavy atom. The van der Waals surface area contributed by atoms with Crippen LogP contribution in [0.15, 0.2) is 78.9 Å². The number of methoxy groups -OCH3 is 1. The van der Waals surface area contributed by atoms with Crippen LogP contribution in [0.3, 0.4) is 0 Å². The van der Waals surface area contributed by atoms with E-state index in [9.17, 15) is 0 Å². The summed E-state index contributed by atoms with van der Waals surface area (Å²) < 4.78 is 16.0. The minimum atomic E-state index is 0.180. The number of aromatic nitrogens is 6. The molecule has 0 atom stereocenters. The van der Waals surface area contributed by atoms with Gasteiger partial charge in [-0.1, -0.05) is 48.0 Å². The number of rotatable bonds is 9. The van der Waals surface area contributed by atoms with E-state index in [-0.39, 0.29) is 5.28 Å². The van der Waals surface area contributed by atoms with E-state index in [4.69, 9.17) is 37.4 Å². The first-order valence-electron chi connectivity index (χ1n) is 15.6. The van der Waals surface area contributed by atoms with E-state index in [1.54, 1.807) is 19.2 Å². The lowest BCUT2D eigenvalue weighted by Crippen LogP contribution is -2.37. The van der Waals surface area contributed by atoms with Crippen molar-refractivity contribution in [3.05, 3.63) is 89.2 Å². The van der Waals surface area contributed by atoms with Crippen molar-refractivity contribution in [1.82, 2.24) is 29.9 Å². The smallest absolute Gasteiger partial charge is 0.233 e. The first-order valence-corrected chi connectivity index (χ1v) is 16.4. The molecule has 14 nitrogen and oxygen atoms in total. The van der Waals surface area contributed by atoms with Crippen LogP contribution in [0.4, 0.5) is 46.8 Å². The maximum atomic E-state index is 6.23. The van der Waals surface area contributed by atoms with E-state index < -0.39 is 0 Å². The molecule has 2 aliphatic heterocycles. The Balaban J connectivity index is 0.000000182. The molecule has 3 N–H and O–H groups in total. The van der Waals surface area contributed by atoms with E-state index >= 15 is 0 Å². The van der Waals surface area contributed by atoms with Crippen molar-refractivity contribution in [1.29, 1.82) is 0 Å². The molecular weight excluding hydrogens is 669 g/mol. The molecule has 0 radical (unpaired) electrons. The van der Waals surface area contributed by atoms with Crippen molar-refractivity contribution in [2.45, 2.75) is 0 Å². The fourth-order valence-electron chi connectivity index (χ4n) is 4.86. The van der Waals surface area contributed by atoms with E-state index in [1.165, 1.54) is 0 Å². The normalized spacial score (nSPS) is 14.3. The third-order valence-electron chi connectivity index (χ3n) is 7.28. The number of benzene rings is 3. The summed E-state index contributed by atoms with van der Waals surface area (Å²) in [5.74, 6) is 3.08. The fourth-order valence-corrected chi connectivity index (χ4v) is 5.27. The second kappa shape index (κ2) is 16.9. The molecule has 49 heavy (non-hydrogen) atoms. The topological polar surface area (TPSA) is 148 Å². The minimum Gasteiger partial charge on any atom is -0.495 e. The molecule has 2 aliphatic rings. The largest absolute Gasteiger partial charge is 0.495 e. The highest BCUT2D eigenvalue weighted by Gasteiger charge is 2.18. The molecule has 0 saturated carbocycles. The van der Waals surface area contributed by atoms with Crippen molar-refractivity contribution in [2.24, 2.45) is 0 Å². The average molecular weight is 705 g/mol. The van der Waals surface area contributed by atoms with Gasteiger partial charge < -0.3 is 40.0 Å². The fraction of sp³-hybridized carbons (Fsp3) is 0.273. The van der Waals surface area contributed by atoms with Crippen LogP contribution in [0, 0.1) is 0 Å². The van der Waals surface area contributed by atoms with E-state index in [1.807, 2.05) is 71.6 Å². The highest BCUT2D eigenvalue weighted by molar-refractivity contribution is 6.32. The van der Waals surface area contributed by atoms with Crippen molar-refractivity contribution in [3.8, 4) is 5.75 Å². The Kier molecular flexibility index (Phi) is 11.7. The Bertz CT molecular complexity index is 1800. The predicted molar refractivity (Wildman–Crippen MR) is 191 cm³/mol. The first kappa shape index (κ1) is 33.9. The number of hydrogen-bond donors (Lipinski definition) is 3. The molecule has 254 valence electrons. The number of nitrogens with one attached hydrogen (secondary N) is 3. The molecule has 2 saturated heterocycles. The highest BCUT2D eigenvalue weighted by Crippen LogP contribution is 2.29. The van der Waals surface area contributed by atoms with Gasteiger partial charge >= 0.3 is 0 Å². The molecule has 2 fully saturated rings. The molecule has 0 spiro atoms. The number of para-hydroxylation sites is 2. The van der Waals surface area contributed by atoms with Crippen LogP contribution in [0.25, 0.3) is 0 Å². The van der Waals surface area contributed by atoms with E-state index in [0.29, 0.717) is 66.9 Å². The summed E-state index contributed by atoms with van der Waals surface area (Å²) in [5, 5.41) is 10.2. The van der Waals surface area contributed by atoms with Gasteiger partial charge in [-0.05, 0) is 54.1 Å². The number of anilines is 8. The third kappa shape index (κ3) is 9.76. The van der Waals surface area contributed by atoms with Crippen LogP contribution in [-0.2, 0) is 9.47 Å². The lowest BCUT2D eigenvalue weighted by Gasteiger charge is -2.27. The Hall–Kier alpha value is -5.02. The molecule has 0 amide bonds. The predicted octanol–water partition coefficient (Wildman–Crippen LogP) is 5.96. The molecule has 16 heteroatoms. The molecule has 0 unspecified atom stereocenters. The molecule has 0 aliphatic carbocycles. The minimum absolute atomic E-state index is 0.180. The zero-order valence-corrected chi connectivity index (χ0v) is 28.2. The summed E-state index contributed by atoms with van der Waals surface area (Å²) in [5.41, 5.74) is 2.55. The van der Waals surface area contributed by atoms with Crippen molar-refractivity contribution in [3.63, 3.8) is 0 Å². The van der Waals surface area contributed by atoms with Crippen molar-refractivity contribution in [2.75, 3.05) is 85.5 Å². The zero-order chi connectivity index (χ0) is 33.8. The van der Waals surface area contributed by atoms with Crippen LogP contribution in [0.1, 0.15) is 0 Å². The molecule has 5 aromatic rings. The van der Waals surface area contributed by atoms with Gasteiger partial charge in [0, 0.05) is 43.2 Å². The first-order chi connectivity index (χ1) is 24.0. The summed E-state index contributed by atoms with van der Waals surface area (Å²) >= 11 is 12.2. The summed E-state index contributed by atoms with van der Waals surface area (Å²) in [6, 6.07) is 24.9. The molecule has 0 bridgehead atoms. The maximum Gasteiger partial charge on any atom is 0.233 e. The van der Waals surface area contributed by atoms with Gasteiger partial charge in [-0.2, -0.15) is 29.9 Å². The van der Waals surface area contributed by atoms with Crippen LogP contribution in [0.5, 0.6) is 5.75 Å². The van der Waals surface area contributed by atoms with Gasteiger partial charge in [0.05, 0.1) is 38.6 Å². The number of halogens is 2. The van der Waals surface area contributed by atoms with Gasteiger partial charge in [-0.25, -0.2) is 0 Å². The standard InChI is InChI=1S/C20H21ClN6O2.C13H14ClN5O/c1-28-17-8-7-15(13-16(17)21)23-19-24-18(22-14-5-3-2-4-6-14)25-20(26-19)27-9-11-29-12-10-27;14-11-16-12(15-10-4-2-1-3-5-10)18-13(17-11)19-6-8-20-9-7-19/h2-8,13H,9-12H2,1H3,(H2,22,23,24,25,26);1-5H,6-9H2,(H,15,16,17,18). The second-order valence-corrected chi connectivity index (χ2v) is 11.4. The molecule has 3 aromatic carbocycles. The number of morpholine rings is 2. The molecule has 4 heterocycles. The van der Waals surface area contributed by atoms with Gasteiger partial charge in [0.1, 0.15) is 5.75 Å². The van der Waals surface area contributed by atoms with Gasteiger partial charge in [-0.15, -0.1) is 0 Å². The SMILES string of the molecule is COc1ccc(Nc2nc(Nc3ccccc3)nc(N3CCOCC3)n2)cc1Cl.Clc1nc(Nc2ccccc2)nc(N2CCOCC2)n1. The van der Waals surface area contributed by atoms with Gasteiger partial charge in [0.15, 0.2) is 0 Å². The molecule has 7 rings (SSSR count). The maximum absolute atomic E-state index is 6.23. The van der Waals surface area contributed by atoms with Gasteiger partial charge in [-0.3, -0.25) is 0 Å². The number of nitrogens with zero attached hydrogens (tertiary/aromatic N) is 8. The lowest BCUT2D eigenvalue weighted by molar-refractivity contribution is 0.122. The Morgan fingerprint density at radius 2 is 1.04 bits per heavy atom. The van der Waals surface area contributed by atoms with Crippen LogP contribution in [0.2, 0.25) is 10.3 Å². The van der Waals surface area contributed by atoms with Gasteiger partial charge in [0.25, 0.3) is 0 Å². The summed E-state index contributed by atoms with van der Waals surface area (Å²) in [6.07, 6.45) is 0. The zero-order valence-electron chi connectivity index (χ0n) is 26.7. The second-order valence-electron chi connectivity index (χ2n) is 10.7. The monoisotopic (exact) mass is 703 g/mol. The highest BCUT2D eigenvalue weighted by atomic mass is 35.5. The Morgan fingerprint density at radius 3 is 1.53 bits per heavy atom. The van der Waals surface area contributed by atoms with Crippen LogP contribution >= 0.6 is 23.2 Å².